The topological polar surface area (TPSA) is 29.9 Å². The summed E-state index contributed by atoms with van der Waals surface area (Å²) in [5.74, 6) is -0.346. The molecule has 1 N–H and O–H groups in total. The Morgan fingerprint density at radius 2 is 2.33 bits per heavy atom. The lowest BCUT2D eigenvalue weighted by Crippen LogP contribution is -2.29. The first-order valence-corrected chi connectivity index (χ1v) is 6.16. The van der Waals surface area contributed by atoms with Gasteiger partial charge in [0.25, 0.3) is 0 Å². The van der Waals surface area contributed by atoms with Crippen LogP contribution < -0.4 is 5.32 Å². The van der Waals surface area contributed by atoms with Gasteiger partial charge in [-0.2, -0.15) is 0 Å². The van der Waals surface area contributed by atoms with Gasteiger partial charge in [-0.15, -0.1) is 0 Å². The second-order valence-electron chi connectivity index (χ2n) is 4.25. The van der Waals surface area contributed by atoms with Gasteiger partial charge < -0.3 is 9.88 Å². The zero-order valence-electron chi connectivity index (χ0n) is 10.1. The maximum Gasteiger partial charge on any atom is 0.146 e. The Morgan fingerprint density at radius 1 is 1.50 bits per heavy atom. The molecule has 0 aliphatic rings. The van der Waals surface area contributed by atoms with Crippen LogP contribution in [0.25, 0.3) is 0 Å². The van der Waals surface area contributed by atoms with Crippen molar-refractivity contribution >= 4 is 11.6 Å². The SMILES string of the molecule is CC(Cn1ccnc1)NCc1cccc(Cl)c1F. The molecule has 96 valence electrons. The van der Waals surface area contributed by atoms with Crippen LogP contribution in [-0.2, 0) is 13.1 Å². The van der Waals surface area contributed by atoms with Gasteiger partial charge in [0.2, 0.25) is 0 Å². The molecule has 0 aliphatic carbocycles. The standard InChI is InChI=1S/C13H15ClFN3/c1-10(8-18-6-5-16-9-18)17-7-11-3-2-4-12(14)13(11)15/h2-6,9-10,17H,7-8H2,1H3. The van der Waals surface area contributed by atoms with Crippen molar-refractivity contribution in [1.82, 2.24) is 14.9 Å². The molecule has 2 aromatic rings. The van der Waals surface area contributed by atoms with Crippen molar-refractivity contribution in [3.63, 3.8) is 0 Å². The normalized spacial score (nSPS) is 12.6. The van der Waals surface area contributed by atoms with Crippen molar-refractivity contribution in [2.45, 2.75) is 26.1 Å². The Labute approximate surface area is 111 Å². The first-order chi connectivity index (χ1) is 8.66. The minimum Gasteiger partial charge on any atom is -0.336 e. The Bertz CT molecular complexity index is 499. The zero-order valence-corrected chi connectivity index (χ0v) is 10.9. The molecular weight excluding hydrogens is 253 g/mol. The van der Waals surface area contributed by atoms with Crippen molar-refractivity contribution in [3.8, 4) is 0 Å². The first-order valence-electron chi connectivity index (χ1n) is 5.79. The van der Waals surface area contributed by atoms with E-state index in [4.69, 9.17) is 11.6 Å². The highest BCUT2D eigenvalue weighted by Gasteiger charge is 2.08. The van der Waals surface area contributed by atoms with Crippen molar-refractivity contribution in [2.75, 3.05) is 0 Å². The van der Waals surface area contributed by atoms with Crippen LogP contribution in [0.15, 0.2) is 36.9 Å². The van der Waals surface area contributed by atoms with Crippen LogP contribution in [0, 0.1) is 5.82 Å². The summed E-state index contributed by atoms with van der Waals surface area (Å²) in [6, 6.07) is 5.26. The number of rotatable bonds is 5. The summed E-state index contributed by atoms with van der Waals surface area (Å²) in [4.78, 5) is 3.98. The molecule has 1 atom stereocenters. The molecular formula is C13H15ClFN3. The van der Waals surface area contributed by atoms with E-state index in [1.807, 2.05) is 17.7 Å². The summed E-state index contributed by atoms with van der Waals surface area (Å²) in [7, 11) is 0. The molecule has 18 heavy (non-hydrogen) atoms. The number of aromatic nitrogens is 2. The van der Waals surface area contributed by atoms with E-state index in [0.29, 0.717) is 12.1 Å². The molecule has 0 amide bonds. The second-order valence-corrected chi connectivity index (χ2v) is 4.66. The van der Waals surface area contributed by atoms with Gasteiger partial charge in [-0.3, -0.25) is 0 Å². The summed E-state index contributed by atoms with van der Waals surface area (Å²) in [6.45, 7) is 3.30. The molecule has 2 rings (SSSR count). The average Bonchev–Trinajstić information content (AvgIpc) is 2.84. The highest BCUT2D eigenvalue weighted by Crippen LogP contribution is 2.17. The monoisotopic (exact) mass is 267 g/mol. The lowest BCUT2D eigenvalue weighted by molar-refractivity contribution is 0.468. The van der Waals surface area contributed by atoms with Crippen molar-refractivity contribution in [3.05, 3.63) is 53.3 Å². The molecule has 1 aromatic carbocycles. The van der Waals surface area contributed by atoms with E-state index in [0.717, 1.165) is 6.54 Å². The average molecular weight is 268 g/mol. The fraction of sp³-hybridized carbons (Fsp3) is 0.308. The number of nitrogens with zero attached hydrogens (tertiary/aromatic N) is 2. The van der Waals surface area contributed by atoms with Crippen LogP contribution >= 0.6 is 11.6 Å². The highest BCUT2D eigenvalue weighted by atomic mass is 35.5. The summed E-state index contributed by atoms with van der Waals surface area (Å²) >= 11 is 5.73. The van der Waals surface area contributed by atoms with E-state index < -0.39 is 0 Å². The molecule has 0 saturated heterocycles. The molecule has 0 fully saturated rings. The third-order valence-corrected chi connectivity index (χ3v) is 3.01. The van der Waals surface area contributed by atoms with Crippen molar-refractivity contribution in [2.24, 2.45) is 0 Å². The third-order valence-electron chi connectivity index (χ3n) is 2.72. The Balaban J connectivity index is 1.89. The summed E-state index contributed by atoms with van der Waals surface area (Å²) in [6.07, 6.45) is 5.40. The molecule has 0 radical (unpaired) electrons. The maximum atomic E-state index is 13.6. The van der Waals surface area contributed by atoms with Gasteiger partial charge in [0.15, 0.2) is 0 Å². The van der Waals surface area contributed by atoms with E-state index in [1.165, 1.54) is 0 Å². The van der Waals surface area contributed by atoms with E-state index in [-0.39, 0.29) is 16.9 Å². The molecule has 1 aromatic heterocycles. The van der Waals surface area contributed by atoms with Gasteiger partial charge in [0, 0.05) is 37.1 Å². The Hall–Kier alpha value is -1.39. The van der Waals surface area contributed by atoms with Gasteiger partial charge >= 0.3 is 0 Å². The van der Waals surface area contributed by atoms with E-state index in [2.05, 4.69) is 10.3 Å². The minimum absolute atomic E-state index is 0.163. The molecule has 0 aliphatic heterocycles. The van der Waals surface area contributed by atoms with Crippen LogP contribution in [0.3, 0.4) is 0 Å². The lowest BCUT2D eigenvalue weighted by atomic mass is 10.2. The van der Waals surface area contributed by atoms with Crippen LogP contribution in [0.2, 0.25) is 5.02 Å². The van der Waals surface area contributed by atoms with Crippen LogP contribution in [0.5, 0.6) is 0 Å². The fourth-order valence-electron chi connectivity index (χ4n) is 1.74. The number of hydrogen-bond donors (Lipinski definition) is 1. The van der Waals surface area contributed by atoms with Gasteiger partial charge in [0.05, 0.1) is 11.3 Å². The van der Waals surface area contributed by atoms with Gasteiger partial charge in [0.1, 0.15) is 5.82 Å². The molecule has 1 unspecified atom stereocenters. The summed E-state index contributed by atoms with van der Waals surface area (Å²) in [5.41, 5.74) is 0.583. The molecule has 0 spiro atoms. The zero-order chi connectivity index (χ0) is 13.0. The largest absolute Gasteiger partial charge is 0.336 e. The van der Waals surface area contributed by atoms with E-state index >= 15 is 0 Å². The Morgan fingerprint density at radius 3 is 3.06 bits per heavy atom. The number of benzene rings is 1. The lowest BCUT2D eigenvalue weighted by Gasteiger charge is -2.14. The third kappa shape index (κ3) is 3.31. The molecule has 0 saturated carbocycles. The number of hydrogen-bond acceptors (Lipinski definition) is 2. The van der Waals surface area contributed by atoms with Crippen LogP contribution in [-0.4, -0.2) is 15.6 Å². The van der Waals surface area contributed by atoms with E-state index in [1.54, 1.807) is 30.7 Å². The van der Waals surface area contributed by atoms with Crippen molar-refractivity contribution in [1.29, 1.82) is 0 Å². The van der Waals surface area contributed by atoms with Gasteiger partial charge in [-0.05, 0) is 13.0 Å². The molecule has 3 nitrogen and oxygen atoms in total. The van der Waals surface area contributed by atoms with E-state index in [9.17, 15) is 4.39 Å². The predicted molar refractivity (Wildman–Crippen MR) is 69.9 cm³/mol. The van der Waals surface area contributed by atoms with Crippen LogP contribution in [0.1, 0.15) is 12.5 Å². The number of nitrogens with one attached hydrogen (secondary N) is 1. The smallest absolute Gasteiger partial charge is 0.146 e. The molecule has 0 bridgehead atoms. The molecule has 5 heteroatoms. The first kappa shape index (κ1) is 13.1. The fourth-order valence-corrected chi connectivity index (χ4v) is 1.94. The number of halogens is 2. The summed E-state index contributed by atoms with van der Waals surface area (Å²) in [5, 5.41) is 3.42. The predicted octanol–water partition coefficient (Wildman–Crippen LogP) is 2.85. The highest BCUT2D eigenvalue weighted by molar-refractivity contribution is 6.30. The van der Waals surface area contributed by atoms with Crippen molar-refractivity contribution < 1.29 is 4.39 Å². The second kappa shape index (κ2) is 5.98. The van der Waals surface area contributed by atoms with Gasteiger partial charge in [-0.25, -0.2) is 9.37 Å². The quantitative estimate of drug-likeness (QED) is 0.903. The maximum absolute atomic E-state index is 13.6. The number of imidazole rings is 1. The Kier molecular flexibility index (Phi) is 4.33. The van der Waals surface area contributed by atoms with Gasteiger partial charge in [-0.1, -0.05) is 23.7 Å². The summed E-state index contributed by atoms with van der Waals surface area (Å²) < 4.78 is 15.6. The minimum atomic E-state index is -0.346. The van der Waals surface area contributed by atoms with Crippen LogP contribution in [0.4, 0.5) is 4.39 Å². The molecule has 1 heterocycles.